The van der Waals surface area contributed by atoms with Gasteiger partial charge in [0.15, 0.2) is 5.17 Å². The maximum absolute atomic E-state index is 12.1. The number of benzene rings is 2. The van der Waals surface area contributed by atoms with Gasteiger partial charge in [0.05, 0.1) is 5.69 Å². The van der Waals surface area contributed by atoms with Gasteiger partial charge in [0, 0.05) is 17.1 Å². The third kappa shape index (κ3) is 4.84. The Labute approximate surface area is 154 Å². The van der Waals surface area contributed by atoms with E-state index in [9.17, 15) is 9.59 Å². The van der Waals surface area contributed by atoms with Crippen molar-refractivity contribution in [2.45, 2.75) is 18.6 Å². The smallest absolute Gasteiger partial charge is 0.240 e. The van der Waals surface area contributed by atoms with E-state index in [4.69, 9.17) is 11.6 Å². The lowest BCUT2D eigenvalue weighted by Crippen LogP contribution is -2.28. The summed E-state index contributed by atoms with van der Waals surface area (Å²) < 4.78 is 0. The third-order valence-electron chi connectivity index (χ3n) is 3.54. The van der Waals surface area contributed by atoms with Crippen molar-refractivity contribution in [3.63, 3.8) is 0 Å². The first-order chi connectivity index (χ1) is 12.0. The van der Waals surface area contributed by atoms with E-state index in [-0.39, 0.29) is 18.2 Å². The largest absolute Gasteiger partial charge is 0.326 e. The molecule has 0 radical (unpaired) electrons. The van der Waals surface area contributed by atoms with Gasteiger partial charge in [-0.1, -0.05) is 41.1 Å². The predicted octanol–water partition coefficient (Wildman–Crippen LogP) is 3.90. The van der Waals surface area contributed by atoms with Crippen LogP contribution in [-0.2, 0) is 9.59 Å². The maximum Gasteiger partial charge on any atom is 0.240 e. The summed E-state index contributed by atoms with van der Waals surface area (Å²) in [5, 5.41) is 6.10. The van der Waals surface area contributed by atoms with Crippen LogP contribution in [0.5, 0.6) is 0 Å². The van der Waals surface area contributed by atoms with Gasteiger partial charge >= 0.3 is 0 Å². The fraction of sp³-hybridized carbons (Fsp3) is 0.167. The Kier molecular flexibility index (Phi) is 5.40. The molecule has 0 spiro atoms. The van der Waals surface area contributed by atoms with Crippen molar-refractivity contribution in [3.05, 3.63) is 59.1 Å². The molecular formula is C18H16ClN3O2S. The van der Waals surface area contributed by atoms with Gasteiger partial charge in [0.2, 0.25) is 11.8 Å². The van der Waals surface area contributed by atoms with Gasteiger partial charge in [-0.3, -0.25) is 9.59 Å². The van der Waals surface area contributed by atoms with Crippen LogP contribution in [0.3, 0.4) is 0 Å². The molecule has 128 valence electrons. The Morgan fingerprint density at radius 3 is 2.56 bits per heavy atom. The maximum atomic E-state index is 12.1. The van der Waals surface area contributed by atoms with Crippen LogP contribution in [0.15, 0.2) is 53.5 Å². The van der Waals surface area contributed by atoms with Crippen molar-refractivity contribution in [3.8, 4) is 0 Å². The fourth-order valence-electron chi connectivity index (χ4n) is 2.24. The summed E-state index contributed by atoms with van der Waals surface area (Å²) in [5.41, 5.74) is 2.55. The fourth-order valence-corrected chi connectivity index (χ4v) is 3.36. The number of amides is 2. The quantitative estimate of drug-likeness (QED) is 0.853. The van der Waals surface area contributed by atoms with E-state index in [1.54, 1.807) is 24.3 Å². The number of nitrogens with one attached hydrogen (secondary N) is 2. The Morgan fingerprint density at radius 1 is 1.20 bits per heavy atom. The highest BCUT2D eigenvalue weighted by molar-refractivity contribution is 8.15. The summed E-state index contributed by atoms with van der Waals surface area (Å²) in [5.74, 6) is -0.436. The van der Waals surface area contributed by atoms with E-state index in [2.05, 4.69) is 15.6 Å². The third-order valence-corrected chi connectivity index (χ3v) is 4.87. The van der Waals surface area contributed by atoms with Gasteiger partial charge in [0.1, 0.15) is 5.25 Å². The predicted molar refractivity (Wildman–Crippen MR) is 102 cm³/mol. The molecular weight excluding hydrogens is 358 g/mol. The van der Waals surface area contributed by atoms with Crippen molar-refractivity contribution in [2.75, 3.05) is 5.32 Å². The van der Waals surface area contributed by atoms with Crippen molar-refractivity contribution >= 4 is 51.7 Å². The molecule has 1 aliphatic heterocycles. The first-order valence-electron chi connectivity index (χ1n) is 7.68. The number of aryl methyl sites for hydroxylation is 1. The molecule has 7 heteroatoms. The van der Waals surface area contributed by atoms with Crippen LogP contribution in [0.1, 0.15) is 12.0 Å². The molecule has 2 amide bonds. The topological polar surface area (TPSA) is 70.6 Å². The molecule has 1 atom stereocenters. The number of amidine groups is 1. The average molecular weight is 374 g/mol. The first-order valence-corrected chi connectivity index (χ1v) is 8.94. The number of hydrogen-bond acceptors (Lipinski definition) is 4. The second-order valence-electron chi connectivity index (χ2n) is 5.61. The van der Waals surface area contributed by atoms with Gasteiger partial charge in [-0.25, -0.2) is 4.99 Å². The summed E-state index contributed by atoms with van der Waals surface area (Å²) in [7, 11) is 0. The van der Waals surface area contributed by atoms with Crippen LogP contribution >= 0.6 is 23.4 Å². The van der Waals surface area contributed by atoms with E-state index < -0.39 is 5.25 Å². The number of rotatable bonds is 4. The Hall–Kier alpha value is -2.31. The standard InChI is InChI=1S/C18H16ClN3O2S/c1-11-2-6-14(7-3-11)21-18-22-17(24)15(25-18)10-16(23)20-13-8-4-12(19)5-9-13/h2-9,15H,10H2,1H3,(H,20,23)(H,21,22,24). The van der Waals surface area contributed by atoms with E-state index in [0.29, 0.717) is 15.9 Å². The number of carbonyl (C=O) groups is 2. The number of hydrogen-bond donors (Lipinski definition) is 2. The Bertz CT molecular complexity index is 819. The second kappa shape index (κ2) is 7.72. The zero-order valence-corrected chi connectivity index (χ0v) is 15.0. The Morgan fingerprint density at radius 2 is 1.88 bits per heavy atom. The summed E-state index contributed by atoms with van der Waals surface area (Å²) in [4.78, 5) is 28.6. The molecule has 1 aliphatic rings. The molecule has 0 aliphatic carbocycles. The van der Waals surface area contributed by atoms with Crippen molar-refractivity contribution in [1.29, 1.82) is 0 Å². The van der Waals surface area contributed by atoms with E-state index in [0.717, 1.165) is 11.3 Å². The van der Waals surface area contributed by atoms with Crippen LogP contribution in [0.4, 0.5) is 11.4 Å². The lowest BCUT2D eigenvalue weighted by Gasteiger charge is -2.07. The summed E-state index contributed by atoms with van der Waals surface area (Å²) in [6.45, 7) is 2.00. The molecule has 0 saturated carbocycles. The average Bonchev–Trinajstić information content (AvgIpc) is 2.91. The van der Waals surface area contributed by atoms with Gasteiger partial charge < -0.3 is 10.6 Å². The number of nitrogens with zero attached hydrogens (tertiary/aromatic N) is 1. The molecule has 0 bridgehead atoms. The normalized spacial score (nSPS) is 18.2. The Balaban J connectivity index is 1.59. The molecule has 2 aromatic carbocycles. The zero-order chi connectivity index (χ0) is 17.8. The summed E-state index contributed by atoms with van der Waals surface area (Å²) in [6.07, 6.45) is 0.0754. The molecule has 3 rings (SSSR count). The van der Waals surface area contributed by atoms with Crippen molar-refractivity contribution < 1.29 is 9.59 Å². The van der Waals surface area contributed by atoms with E-state index in [1.165, 1.54) is 11.8 Å². The lowest BCUT2D eigenvalue weighted by atomic mass is 10.2. The number of halogens is 1. The molecule has 1 fully saturated rings. The second-order valence-corrected chi connectivity index (χ2v) is 7.24. The number of anilines is 1. The molecule has 2 N–H and O–H groups in total. The van der Waals surface area contributed by atoms with E-state index in [1.807, 2.05) is 31.2 Å². The van der Waals surface area contributed by atoms with Gasteiger partial charge in [-0.2, -0.15) is 0 Å². The monoisotopic (exact) mass is 373 g/mol. The molecule has 25 heavy (non-hydrogen) atoms. The minimum absolute atomic E-state index is 0.0754. The minimum Gasteiger partial charge on any atom is -0.326 e. The number of aliphatic imine (C=N–C) groups is 1. The summed E-state index contributed by atoms with van der Waals surface area (Å²) >= 11 is 7.08. The van der Waals surface area contributed by atoms with Crippen molar-refractivity contribution in [1.82, 2.24) is 5.32 Å². The minimum atomic E-state index is -0.489. The van der Waals surface area contributed by atoms with Crippen LogP contribution in [0.25, 0.3) is 0 Å². The molecule has 1 heterocycles. The highest BCUT2D eigenvalue weighted by Gasteiger charge is 2.32. The highest BCUT2D eigenvalue weighted by Crippen LogP contribution is 2.25. The zero-order valence-electron chi connectivity index (χ0n) is 13.5. The summed E-state index contributed by atoms with van der Waals surface area (Å²) in [6, 6.07) is 14.5. The van der Waals surface area contributed by atoms with Crippen LogP contribution in [0, 0.1) is 6.92 Å². The van der Waals surface area contributed by atoms with Crippen molar-refractivity contribution in [2.24, 2.45) is 4.99 Å². The van der Waals surface area contributed by atoms with Crippen LogP contribution in [0.2, 0.25) is 5.02 Å². The van der Waals surface area contributed by atoms with Crippen LogP contribution in [-0.4, -0.2) is 22.2 Å². The number of carbonyl (C=O) groups excluding carboxylic acids is 2. The molecule has 1 saturated heterocycles. The van der Waals surface area contributed by atoms with Gasteiger partial charge in [0.25, 0.3) is 0 Å². The first kappa shape index (κ1) is 17.5. The SMILES string of the molecule is Cc1ccc(N=C2NC(=O)C(CC(=O)Nc3ccc(Cl)cc3)S2)cc1. The molecule has 0 aromatic heterocycles. The molecule has 1 unspecified atom stereocenters. The van der Waals surface area contributed by atoms with Crippen LogP contribution < -0.4 is 10.6 Å². The lowest BCUT2D eigenvalue weighted by molar-refractivity contribution is -0.122. The molecule has 2 aromatic rings. The van der Waals surface area contributed by atoms with E-state index >= 15 is 0 Å². The molecule has 5 nitrogen and oxygen atoms in total. The highest BCUT2D eigenvalue weighted by atomic mass is 35.5. The van der Waals surface area contributed by atoms with Gasteiger partial charge in [-0.15, -0.1) is 0 Å². The number of thioether (sulfide) groups is 1. The van der Waals surface area contributed by atoms with Gasteiger partial charge in [-0.05, 0) is 43.3 Å².